The normalized spacial score (nSPS) is 13.1. The van der Waals surface area contributed by atoms with E-state index >= 15 is 0 Å². The van der Waals surface area contributed by atoms with Crippen LogP contribution in [0.5, 0.6) is 0 Å². The lowest BCUT2D eigenvalue weighted by molar-refractivity contribution is 1.14. The second-order valence-electron chi connectivity index (χ2n) is 23.1. The van der Waals surface area contributed by atoms with Crippen molar-refractivity contribution in [1.82, 2.24) is 9.13 Å². The van der Waals surface area contributed by atoms with Gasteiger partial charge in [0.05, 0.1) is 33.4 Å². The predicted octanol–water partition coefficient (Wildman–Crippen LogP) is 15.8. The molecule has 13 aromatic carbocycles. The number of hydrogen-bond donors (Lipinski definition) is 0. The van der Waals surface area contributed by atoms with E-state index < -0.39 is 0 Å². The highest BCUT2D eigenvalue weighted by molar-refractivity contribution is 7.03. The van der Waals surface area contributed by atoms with Gasteiger partial charge in [-0.3, -0.25) is 0 Å². The van der Waals surface area contributed by atoms with Gasteiger partial charge in [-0.25, -0.2) is 0 Å². The zero-order chi connectivity index (χ0) is 54.7. The summed E-state index contributed by atoms with van der Waals surface area (Å²) in [5.41, 5.74) is 32.0. The molecule has 4 nitrogen and oxygen atoms in total. The lowest BCUT2D eigenvalue weighted by Gasteiger charge is -2.43. The molecule has 6 heteroatoms. The van der Waals surface area contributed by atoms with E-state index in [1.54, 1.807) is 0 Å². The highest BCUT2D eigenvalue weighted by Gasteiger charge is 2.48. The Balaban J connectivity index is 1.01. The molecule has 0 bridgehead atoms. The number of hydrogen-bond acceptors (Lipinski definition) is 2. The molecule has 84 heavy (non-hydrogen) atoms. The SMILES string of the molecule is c1ccc(-c2ccc3c4cc(-c5ccccc5)c5c6c4n(c3c2)-c2cc3c(cc2B6c2ccccc2N5c2ccccc2)B2c4ccccc4N(c4ccccc4)c4c(-c5ccccc5)cc5c6ccc(-c7ccccc7)cc6n-3c5c42)cc1. The maximum absolute atomic E-state index is 2.69. The molecule has 0 radical (unpaired) electrons. The van der Waals surface area contributed by atoms with E-state index in [-0.39, 0.29) is 13.4 Å². The van der Waals surface area contributed by atoms with Crippen LogP contribution in [0.2, 0.25) is 0 Å². The number of aromatic nitrogens is 2. The Morgan fingerprint density at radius 2 is 0.595 bits per heavy atom. The van der Waals surface area contributed by atoms with Gasteiger partial charge in [-0.2, -0.15) is 0 Å². The molecule has 0 fully saturated rings. The molecule has 0 amide bonds. The van der Waals surface area contributed by atoms with Crippen molar-refractivity contribution in [3.8, 4) is 55.9 Å². The van der Waals surface area contributed by atoms with Gasteiger partial charge < -0.3 is 18.9 Å². The number of para-hydroxylation sites is 4. The van der Waals surface area contributed by atoms with Gasteiger partial charge in [0.2, 0.25) is 0 Å². The molecule has 6 heterocycles. The lowest BCUT2D eigenvalue weighted by Crippen LogP contribution is -2.64. The molecule has 4 aliphatic rings. The Labute approximate surface area is 487 Å². The van der Waals surface area contributed by atoms with Crippen LogP contribution in [0, 0.1) is 0 Å². The van der Waals surface area contributed by atoms with Crippen molar-refractivity contribution in [1.29, 1.82) is 0 Å². The smallest absolute Gasteiger partial charge is 0.252 e. The summed E-state index contributed by atoms with van der Waals surface area (Å²) in [4.78, 5) is 5.14. The Morgan fingerprint density at radius 1 is 0.238 bits per heavy atom. The predicted molar refractivity (Wildman–Crippen MR) is 356 cm³/mol. The van der Waals surface area contributed by atoms with E-state index in [0.29, 0.717) is 0 Å². The number of rotatable bonds is 6. The lowest BCUT2D eigenvalue weighted by atomic mass is 9.30. The fraction of sp³-hybridized carbons (Fsp3) is 0. The largest absolute Gasteiger partial charge is 0.311 e. The minimum Gasteiger partial charge on any atom is -0.311 e. The van der Waals surface area contributed by atoms with Crippen molar-refractivity contribution >= 4 is 124 Å². The third-order valence-electron chi connectivity index (χ3n) is 18.8. The van der Waals surface area contributed by atoms with E-state index in [1.807, 2.05) is 0 Å². The van der Waals surface area contributed by atoms with Crippen LogP contribution in [-0.4, -0.2) is 22.6 Å². The average Bonchev–Trinajstić information content (AvgIpc) is 1.39. The maximum Gasteiger partial charge on any atom is 0.252 e. The van der Waals surface area contributed by atoms with E-state index in [2.05, 4.69) is 310 Å². The fourth-order valence-corrected chi connectivity index (χ4v) is 15.4. The minimum absolute atomic E-state index is 0.115. The van der Waals surface area contributed by atoms with E-state index in [1.165, 1.54) is 155 Å². The Kier molecular flexibility index (Phi) is 9.48. The highest BCUT2D eigenvalue weighted by atomic mass is 15.2. The van der Waals surface area contributed by atoms with Crippen molar-refractivity contribution in [2.24, 2.45) is 0 Å². The van der Waals surface area contributed by atoms with Gasteiger partial charge in [-0.1, -0.05) is 224 Å². The Hall–Kier alpha value is -10.8. The zero-order valence-electron chi connectivity index (χ0n) is 45.7. The van der Waals surface area contributed by atoms with Crippen LogP contribution < -0.4 is 42.6 Å². The summed E-state index contributed by atoms with van der Waals surface area (Å²) in [6.45, 7) is -0.231. The second kappa shape index (κ2) is 17.4. The second-order valence-corrected chi connectivity index (χ2v) is 23.1. The molecule has 0 spiro atoms. The highest BCUT2D eigenvalue weighted by Crippen LogP contribution is 2.51. The molecule has 15 aromatic rings. The minimum atomic E-state index is -0.115. The Morgan fingerprint density at radius 3 is 1.00 bits per heavy atom. The first-order chi connectivity index (χ1) is 41.7. The molecular formula is C78H48B2N4. The molecular weight excluding hydrogens is 1010 g/mol. The molecule has 2 aromatic heterocycles. The summed E-state index contributed by atoms with van der Waals surface area (Å²) in [5, 5.41) is 5.00. The first-order valence-corrected chi connectivity index (χ1v) is 29.3. The fourth-order valence-electron chi connectivity index (χ4n) is 15.4. The van der Waals surface area contributed by atoms with Crippen LogP contribution in [0.1, 0.15) is 0 Å². The van der Waals surface area contributed by atoms with E-state index in [4.69, 9.17) is 0 Å². The van der Waals surface area contributed by atoms with Crippen molar-refractivity contribution in [2.45, 2.75) is 0 Å². The third-order valence-corrected chi connectivity index (χ3v) is 18.8. The summed E-state index contributed by atoms with van der Waals surface area (Å²) in [6.07, 6.45) is 0. The molecule has 0 aliphatic carbocycles. The Bertz CT molecular complexity index is 4930. The zero-order valence-corrected chi connectivity index (χ0v) is 45.7. The van der Waals surface area contributed by atoms with Crippen LogP contribution in [0.15, 0.2) is 291 Å². The van der Waals surface area contributed by atoms with Gasteiger partial charge in [0, 0.05) is 66.8 Å². The van der Waals surface area contributed by atoms with E-state index in [0.717, 1.165) is 11.4 Å². The van der Waals surface area contributed by atoms with Gasteiger partial charge >= 0.3 is 0 Å². The quantitative estimate of drug-likeness (QED) is 0.154. The van der Waals surface area contributed by atoms with Crippen LogP contribution in [0.3, 0.4) is 0 Å². The molecule has 4 aliphatic heterocycles. The van der Waals surface area contributed by atoms with Crippen molar-refractivity contribution in [3.05, 3.63) is 291 Å². The van der Waals surface area contributed by atoms with E-state index in [9.17, 15) is 0 Å². The summed E-state index contributed by atoms with van der Waals surface area (Å²) < 4.78 is 5.36. The number of anilines is 6. The summed E-state index contributed by atoms with van der Waals surface area (Å²) in [6, 6.07) is 109. The summed E-state index contributed by atoms with van der Waals surface area (Å²) in [7, 11) is 0. The van der Waals surface area contributed by atoms with Gasteiger partial charge in [-0.05, 0) is 133 Å². The first-order valence-electron chi connectivity index (χ1n) is 29.3. The average molecular weight is 1060 g/mol. The van der Waals surface area contributed by atoms with Crippen LogP contribution >= 0.6 is 0 Å². The van der Waals surface area contributed by atoms with Gasteiger partial charge in [0.25, 0.3) is 13.4 Å². The topological polar surface area (TPSA) is 16.3 Å². The molecule has 0 atom stereocenters. The van der Waals surface area contributed by atoms with Crippen LogP contribution in [-0.2, 0) is 0 Å². The third kappa shape index (κ3) is 6.23. The summed E-state index contributed by atoms with van der Waals surface area (Å²) in [5.74, 6) is 0. The standard InChI is InChI=1S/C78H48B2N4/c1-7-23-49(24-8-1)53-39-41-57-61-45-59(51-27-11-3-12-28-51)75-73-77(61)83(69(57)43-53)71-48-72-66(47-65(71)79(73)63-35-19-21-37-67(63)81(75)55-31-15-5-16-32-55)80-64-36-20-22-38-68(64)82(56-33-17-6-18-34-56)76-60(52-29-13-4-14-30-52)46-62-58-42-40-54(50-25-9-2-10-26-50)44-70(58)84(72)78(62)74(76)80/h1-48H. The van der Waals surface area contributed by atoms with Crippen molar-refractivity contribution in [2.75, 3.05) is 9.80 Å². The molecule has 0 unspecified atom stereocenters. The van der Waals surface area contributed by atoms with Gasteiger partial charge in [0.15, 0.2) is 0 Å². The number of nitrogens with zero attached hydrogens (tertiary/aromatic N) is 4. The number of fused-ring (bicyclic) bond motifs is 16. The monoisotopic (exact) mass is 1060 g/mol. The van der Waals surface area contributed by atoms with Gasteiger partial charge in [-0.15, -0.1) is 0 Å². The van der Waals surface area contributed by atoms with Crippen LogP contribution in [0.25, 0.3) is 99.5 Å². The molecule has 0 saturated carbocycles. The van der Waals surface area contributed by atoms with Gasteiger partial charge in [0.1, 0.15) is 0 Å². The van der Waals surface area contributed by atoms with Crippen molar-refractivity contribution in [3.63, 3.8) is 0 Å². The number of benzene rings is 13. The molecule has 19 rings (SSSR count). The molecule has 0 saturated heterocycles. The molecule has 0 N–H and O–H groups in total. The first kappa shape index (κ1) is 45.9. The summed E-state index contributed by atoms with van der Waals surface area (Å²) >= 11 is 0. The van der Waals surface area contributed by atoms with Crippen LogP contribution in [0.4, 0.5) is 34.1 Å². The molecule has 386 valence electrons. The maximum atomic E-state index is 2.69. The van der Waals surface area contributed by atoms with Crippen molar-refractivity contribution < 1.29 is 0 Å².